The van der Waals surface area contributed by atoms with Crippen LogP contribution in [0.4, 0.5) is 13.2 Å². The molecule has 0 unspecified atom stereocenters. The van der Waals surface area contributed by atoms with Gasteiger partial charge in [-0.05, 0) is 69.9 Å². The van der Waals surface area contributed by atoms with E-state index in [1.54, 1.807) is 26.0 Å². The van der Waals surface area contributed by atoms with Crippen molar-refractivity contribution in [3.8, 4) is 0 Å². The minimum absolute atomic E-state index is 0.0151. The monoisotopic (exact) mass is 468 g/mol. The summed E-state index contributed by atoms with van der Waals surface area (Å²) in [5.41, 5.74) is 0.864. The zero-order valence-electron chi connectivity index (χ0n) is 20.8. The number of alkyl halides is 3. The van der Waals surface area contributed by atoms with E-state index >= 15 is 0 Å². The molecule has 0 radical (unpaired) electrons. The van der Waals surface area contributed by atoms with Crippen LogP contribution in [0.3, 0.4) is 0 Å². The van der Waals surface area contributed by atoms with E-state index in [0.717, 1.165) is 43.4 Å². The van der Waals surface area contributed by atoms with E-state index in [4.69, 9.17) is 4.74 Å². The highest BCUT2D eigenvalue weighted by Gasteiger charge is 2.32. The average molecular weight is 469 g/mol. The molecule has 1 saturated carbocycles. The first-order valence-electron chi connectivity index (χ1n) is 11.8. The van der Waals surface area contributed by atoms with Gasteiger partial charge in [-0.2, -0.15) is 13.2 Å². The third kappa shape index (κ3) is 9.60. The van der Waals surface area contributed by atoms with Crippen molar-refractivity contribution >= 4 is 11.8 Å². The molecule has 4 nitrogen and oxygen atoms in total. The summed E-state index contributed by atoms with van der Waals surface area (Å²) in [4.78, 5) is 17.1. The van der Waals surface area contributed by atoms with E-state index in [0.29, 0.717) is 23.6 Å². The van der Waals surface area contributed by atoms with Gasteiger partial charge in [-0.3, -0.25) is 4.79 Å². The molecular formula is C26H39F3N2O2. The van der Waals surface area contributed by atoms with E-state index < -0.39 is 11.7 Å². The summed E-state index contributed by atoms with van der Waals surface area (Å²) in [5, 5.41) is 2.89. The Kier molecular flexibility index (Phi) is 12.2. The quantitative estimate of drug-likeness (QED) is 0.224. The minimum Gasteiger partial charge on any atom is -0.483 e. The van der Waals surface area contributed by atoms with Crippen LogP contribution >= 0.6 is 0 Å². The van der Waals surface area contributed by atoms with E-state index in [1.807, 2.05) is 13.8 Å². The van der Waals surface area contributed by atoms with Crippen molar-refractivity contribution in [1.29, 1.82) is 0 Å². The number of nitrogens with zero attached hydrogens (tertiary/aromatic N) is 1. The van der Waals surface area contributed by atoms with Crippen molar-refractivity contribution < 1.29 is 22.7 Å². The van der Waals surface area contributed by atoms with Gasteiger partial charge in [-0.15, -0.1) is 0 Å². The number of hydrogen-bond donors (Lipinski definition) is 1. The Balaban J connectivity index is 3.23. The fourth-order valence-electron chi connectivity index (χ4n) is 3.70. The van der Waals surface area contributed by atoms with Gasteiger partial charge in [0.15, 0.2) is 0 Å². The standard InChI is InChI=1S/C26H39F3N2O2/c1-7-10-21(16-22(11-8-2)26(27,28)29)24(19(5)9-3)31-23(33-6)17-30-25(32)20-14-12-18(4)13-15-20/h7,10-11,16,18,20H,8-9,12-15,17H2,1-6H3,(H,30,32)/b10-7-,21-16+,22-11-,24-19?,31-23?. The van der Waals surface area contributed by atoms with E-state index in [-0.39, 0.29) is 30.7 Å². The van der Waals surface area contributed by atoms with Crippen molar-refractivity contribution in [2.45, 2.75) is 79.3 Å². The molecule has 0 atom stereocenters. The molecule has 0 aromatic rings. The lowest BCUT2D eigenvalue weighted by atomic mass is 9.82. The lowest BCUT2D eigenvalue weighted by Crippen LogP contribution is -2.36. The predicted molar refractivity (Wildman–Crippen MR) is 129 cm³/mol. The molecule has 1 fully saturated rings. The van der Waals surface area contributed by atoms with Gasteiger partial charge in [0.05, 0.1) is 24.9 Å². The molecule has 0 aromatic carbocycles. The highest BCUT2D eigenvalue weighted by Crippen LogP contribution is 2.31. The molecule has 0 saturated heterocycles. The molecule has 1 aliphatic carbocycles. The third-order valence-electron chi connectivity index (χ3n) is 5.89. The van der Waals surface area contributed by atoms with E-state index in [2.05, 4.69) is 17.2 Å². The summed E-state index contributed by atoms with van der Waals surface area (Å²) in [6, 6.07) is 0. The Morgan fingerprint density at radius 3 is 2.30 bits per heavy atom. The van der Waals surface area contributed by atoms with Crippen LogP contribution in [0.25, 0.3) is 0 Å². The largest absolute Gasteiger partial charge is 0.483 e. The van der Waals surface area contributed by atoms with Crippen molar-refractivity contribution in [2.24, 2.45) is 16.8 Å². The maximum atomic E-state index is 13.5. The van der Waals surface area contributed by atoms with Crippen LogP contribution in [-0.2, 0) is 9.53 Å². The number of methoxy groups -OCH3 is 1. The smallest absolute Gasteiger partial charge is 0.416 e. The zero-order valence-corrected chi connectivity index (χ0v) is 20.8. The average Bonchev–Trinajstić information content (AvgIpc) is 2.77. The third-order valence-corrected chi connectivity index (χ3v) is 5.89. The predicted octanol–water partition coefficient (Wildman–Crippen LogP) is 7.06. The second kappa shape index (κ2) is 14.1. The van der Waals surface area contributed by atoms with Gasteiger partial charge in [0, 0.05) is 11.5 Å². The number of carbonyl (C=O) groups is 1. The van der Waals surface area contributed by atoms with Crippen LogP contribution in [0.15, 0.2) is 51.7 Å². The van der Waals surface area contributed by atoms with Gasteiger partial charge < -0.3 is 10.1 Å². The van der Waals surface area contributed by atoms with Gasteiger partial charge in [0.1, 0.15) is 0 Å². The normalized spacial score (nSPS) is 21.8. The van der Waals surface area contributed by atoms with Crippen LogP contribution in [0.1, 0.15) is 73.1 Å². The first-order valence-corrected chi connectivity index (χ1v) is 11.8. The fourth-order valence-corrected chi connectivity index (χ4v) is 3.70. The number of allylic oxidation sites excluding steroid dienone is 6. The van der Waals surface area contributed by atoms with E-state index in [1.165, 1.54) is 7.11 Å². The summed E-state index contributed by atoms with van der Waals surface area (Å²) < 4.78 is 46.0. The Bertz CT molecular complexity index is 797. The number of hydrogen-bond acceptors (Lipinski definition) is 3. The fraction of sp³-hybridized carbons (Fsp3) is 0.615. The van der Waals surface area contributed by atoms with Crippen LogP contribution in [-0.4, -0.2) is 31.6 Å². The number of halogens is 3. The maximum absolute atomic E-state index is 13.5. The maximum Gasteiger partial charge on any atom is 0.416 e. The second-order valence-corrected chi connectivity index (χ2v) is 8.53. The first kappa shape index (κ1) is 28.7. The lowest BCUT2D eigenvalue weighted by molar-refractivity contribution is -0.125. The lowest BCUT2D eigenvalue weighted by Gasteiger charge is -2.25. The van der Waals surface area contributed by atoms with Gasteiger partial charge in [-0.25, -0.2) is 4.99 Å². The van der Waals surface area contributed by atoms with Crippen molar-refractivity contribution in [3.63, 3.8) is 0 Å². The molecule has 0 bridgehead atoms. The first-order chi connectivity index (χ1) is 15.6. The minimum atomic E-state index is -4.46. The van der Waals surface area contributed by atoms with Crippen LogP contribution < -0.4 is 5.32 Å². The molecular weight excluding hydrogens is 429 g/mol. The number of aliphatic imine (C=N–C) groups is 1. The van der Waals surface area contributed by atoms with Gasteiger partial charge in [-0.1, -0.05) is 39.0 Å². The number of carbonyl (C=O) groups excluding carboxylic acids is 1. The van der Waals surface area contributed by atoms with Crippen molar-refractivity contribution in [3.05, 3.63) is 46.7 Å². The molecule has 0 aliphatic heterocycles. The molecule has 0 heterocycles. The summed E-state index contributed by atoms with van der Waals surface area (Å²) in [5.74, 6) is 0.853. The summed E-state index contributed by atoms with van der Waals surface area (Å²) in [7, 11) is 1.45. The summed E-state index contributed by atoms with van der Waals surface area (Å²) in [6.07, 6.45) is 5.79. The van der Waals surface area contributed by atoms with Crippen molar-refractivity contribution in [2.75, 3.05) is 13.7 Å². The molecule has 1 aliphatic rings. The number of nitrogens with one attached hydrogen (secondary N) is 1. The molecule has 1 amide bonds. The molecule has 0 spiro atoms. The summed E-state index contributed by atoms with van der Waals surface area (Å²) >= 11 is 0. The highest BCUT2D eigenvalue weighted by atomic mass is 19.4. The van der Waals surface area contributed by atoms with Gasteiger partial charge >= 0.3 is 6.18 Å². The summed E-state index contributed by atoms with van der Waals surface area (Å²) in [6.45, 7) is 9.45. The van der Waals surface area contributed by atoms with Crippen LogP contribution in [0, 0.1) is 11.8 Å². The number of amides is 1. The van der Waals surface area contributed by atoms with Gasteiger partial charge in [0.25, 0.3) is 0 Å². The molecule has 1 rings (SSSR count). The van der Waals surface area contributed by atoms with Gasteiger partial charge in [0.2, 0.25) is 11.8 Å². The Morgan fingerprint density at radius 2 is 1.82 bits per heavy atom. The molecule has 1 N–H and O–H groups in total. The van der Waals surface area contributed by atoms with Crippen LogP contribution in [0.2, 0.25) is 0 Å². The number of rotatable bonds is 9. The van der Waals surface area contributed by atoms with E-state index in [9.17, 15) is 18.0 Å². The Labute approximate surface area is 196 Å². The Morgan fingerprint density at radius 1 is 1.18 bits per heavy atom. The van der Waals surface area contributed by atoms with Crippen molar-refractivity contribution in [1.82, 2.24) is 5.32 Å². The molecule has 186 valence electrons. The molecule has 0 aromatic heterocycles. The molecule has 33 heavy (non-hydrogen) atoms. The SMILES string of the molecule is C\C=C/C(=C\C(=C\CC)C(F)(F)F)C(N=C(CNC(=O)C1CCC(C)CC1)OC)=C(C)CC. The molecule has 7 heteroatoms. The second-order valence-electron chi connectivity index (χ2n) is 8.53. The van der Waals surface area contributed by atoms with Crippen LogP contribution in [0.5, 0.6) is 0 Å². The zero-order chi connectivity index (χ0) is 25.0. The highest BCUT2D eigenvalue weighted by molar-refractivity contribution is 5.86. The Hall–Kier alpha value is -2.31. The number of ether oxygens (including phenoxy) is 1. The topological polar surface area (TPSA) is 50.7 Å².